The molecule has 2 aliphatic heterocycles. The molecular weight excluding hydrogens is 497 g/mol. The van der Waals surface area contributed by atoms with Gasteiger partial charge in [0.1, 0.15) is 0 Å². The summed E-state index contributed by atoms with van der Waals surface area (Å²) in [5.41, 5.74) is 0.510. The number of hydrogen-bond acceptors (Lipinski definition) is 5. The van der Waals surface area contributed by atoms with Crippen molar-refractivity contribution >= 4 is 39.1 Å². The number of halogens is 2. The Bertz CT molecular complexity index is 1120. The highest BCUT2D eigenvalue weighted by atomic mass is 35.5. The van der Waals surface area contributed by atoms with Gasteiger partial charge < -0.3 is 9.64 Å². The van der Waals surface area contributed by atoms with E-state index in [1.54, 1.807) is 7.11 Å². The second-order valence-corrected chi connectivity index (χ2v) is 11.5. The van der Waals surface area contributed by atoms with Crippen molar-refractivity contribution in [1.29, 1.82) is 0 Å². The Balaban J connectivity index is 1.52. The van der Waals surface area contributed by atoms with Crippen LogP contribution in [0.4, 0.5) is 0 Å². The molecule has 0 radical (unpaired) electrons. The van der Waals surface area contributed by atoms with Gasteiger partial charge in [0.25, 0.3) is 0 Å². The first-order chi connectivity index (χ1) is 16.3. The summed E-state index contributed by atoms with van der Waals surface area (Å²) in [6.45, 7) is 1.70. The molecule has 0 aromatic heterocycles. The molecule has 34 heavy (non-hydrogen) atoms. The van der Waals surface area contributed by atoms with E-state index in [0.29, 0.717) is 50.5 Å². The van der Waals surface area contributed by atoms with Gasteiger partial charge >= 0.3 is 0 Å². The fourth-order valence-corrected chi connectivity index (χ4v) is 6.67. The first-order valence-corrected chi connectivity index (χ1v) is 13.5. The number of carbonyl (C=O) groups is 1. The zero-order valence-corrected chi connectivity index (χ0v) is 21.4. The largest absolute Gasteiger partial charge is 0.385 e. The minimum atomic E-state index is -3.72. The number of piperidine rings is 1. The van der Waals surface area contributed by atoms with Crippen LogP contribution in [0.5, 0.6) is 0 Å². The molecule has 10 heteroatoms. The van der Waals surface area contributed by atoms with Crippen LogP contribution in [0.2, 0.25) is 10.0 Å². The molecule has 1 N–H and O–H groups in total. The lowest BCUT2D eigenvalue weighted by Crippen LogP contribution is -2.59. The van der Waals surface area contributed by atoms with Gasteiger partial charge in [-0.1, -0.05) is 53.5 Å². The van der Waals surface area contributed by atoms with Crippen molar-refractivity contribution in [3.63, 3.8) is 0 Å². The van der Waals surface area contributed by atoms with Crippen molar-refractivity contribution in [2.45, 2.75) is 42.3 Å². The minimum absolute atomic E-state index is 0.0562. The molecule has 0 unspecified atom stereocenters. The average molecular weight is 526 g/mol. The maximum atomic E-state index is 13.4. The molecular formula is C24H29Cl2N3O4S. The summed E-state index contributed by atoms with van der Waals surface area (Å²) < 4.78 is 33.1. The number of hydrogen-bond donors (Lipinski definition) is 1. The molecule has 0 aliphatic carbocycles. The quantitative estimate of drug-likeness (QED) is 0.533. The molecule has 2 fully saturated rings. The Morgan fingerprint density at radius 1 is 1.09 bits per heavy atom. The van der Waals surface area contributed by atoms with E-state index in [2.05, 4.69) is 5.32 Å². The molecule has 4 rings (SSSR count). The van der Waals surface area contributed by atoms with Gasteiger partial charge in [0.15, 0.2) is 0 Å². The van der Waals surface area contributed by atoms with Gasteiger partial charge in [0.05, 0.1) is 26.6 Å². The minimum Gasteiger partial charge on any atom is -0.385 e. The molecule has 2 heterocycles. The van der Waals surface area contributed by atoms with Gasteiger partial charge in [-0.25, -0.2) is 8.42 Å². The van der Waals surface area contributed by atoms with Crippen molar-refractivity contribution in [2.24, 2.45) is 0 Å². The number of amides is 1. The van der Waals surface area contributed by atoms with Crippen molar-refractivity contribution in [3.05, 3.63) is 64.1 Å². The molecule has 184 valence electrons. The number of ether oxygens (including phenoxy) is 1. The molecule has 0 bridgehead atoms. The molecule has 1 amide bonds. The van der Waals surface area contributed by atoms with Crippen LogP contribution in [0.1, 0.15) is 24.8 Å². The first kappa shape index (κ1) is 25.4. The van der Waals surface area contributed by atoms with Gasteiger partial charge in [-0.05, 0) is 49.4 Å². The number of rotatable bonds is 8. The lowest BCUT2D eigenvalue weighted by Gasteiger charge is -2.44. The van der Waals surface area contributed by atoms with E-state index in [-0.39, 0.29) is 21.9 Å². The summed E-state index contributed by atoms with van der Waals surface area (Å²) in [4.78, 5) is 15.4. The number of nitrogens with one attached hydrogen (secondary N) is 1. The summed E-state index contributed by atoms with van der Waals surface area (Å²) >= 11 is 12.0. The normalized spacial score (nSPS) is 20.9. The van der Waals surface area contributed by atoms with Gasteiger partial charge in [0.2, 0.25) is 15.9 Å². The van der Waals surface area contributed by atoms with Gasteiger partial charge in [-0.15, -0.1) is 0 Å². The molecule has 2 saturated heterocycles. The Labute approximate surface area is 211 Å². The van der Waals surface area contributed by atoms with E-state index < -0.39 is 15.7 Å². The van der Waals surface area contributed by atoms with Crippen molar-refractivity contribution in [3.8, 4) is 0 Å². The highest BCUT2D eigenvalue weighted by Crippen LogP contribution is 2.36. The number of nitrogens with zero attached hydrogens (tertiary/aromatic N) is 2. The molecule has 2 aromatic rings. The van der Waals surface area contributed by atoms with Crippen LogP contribution in [0.25, 0.3) is 0 Å². The third-order valence-electron chi connectivity index (χ3n) is 6.61. The molecule has 0 saturated carbocycles. The predicted molar refractivity (Wildman–Crippen MR) is 132 cm³/mol. The Morgan fingerprint density at radius 2 is 1.79 bits per heavy atom. The topological polar surface area (TPSA) is 79.0 Å². The third kappa shape index (κ3) is 5.12. The molecule has 2 aromatic carbocycles. The van der Waals surface area contributed by atoms with Crippen LogP contribution in [-0.2, 0) is 26.0 Å². The van der Waals surface area contributed by atoms with Gasteiger partial charge in [-0.3, -0.25) is 10.1 Å². The van der Waals surface area contributed by atoms with Crippen molar-refractivity contribution in [1.82, 2.24) is 14.5 Å². The highest BCUT2D eigenvalue weighted by molar-refractivity contribution is 7.89. The second-order valence-electron chi connectivity index (χ2n) is 8.73. The summed E-state index contributed by atoms with van der Waals surface area (Å²) in [5.74, 6) is 0.0562. The van der Waals surface area contributed by atoms with Crippen LogP contribution < -0.4 is 5.32 Å². The standard InChI is InChI=1S/C24H29Cl2N3O4S/c1-33-15-5-12-29-23(30)22(16-18-6-3-2-4-7-18)27-24(29)10-13-28(14-11-24)34(31,32)19-8-9-20(25)21(26)17-19/h2-4,6-9,17,22,27H,5,10-16H2,1H3/t22-/m1/s1. The lowest BCUT2D eigenvalue weighted by molar-refractivity contribution is -0.133. The summed E-state index contributed by atoms with van der Waals surface area (Å²) in [7, 11) is -2.08. The predicted octanol–water partition coefficient (Wildman–Crippen LogP) is 3.55. The van der Waals surface area contributed by atoms with E-state index >= 15 is 0 Å². The van der Waals surface area contributed by atoms with E-state index in [0.717, 1.165) is 12.0 Å². The molecule has 1 atom stereocenters. The molecule has 7 nitrogen and oxygen atoms in total. The maximum absolute atomic E-state index is 13.4. The van der Waals surface area contributed by atoms with Gasteiger partial charge in [-0.2, -0.15) is 4.31 Å². The molecule has 2 aliphatic rings. The first-order valence-electron chi connectivity index (χ1n) is 11.3. The zero-order chi connectivity index (χ0) is 24.3. The maximum Gasteiger partial charge on any atom is 0.243 e. The summed E-state index contributed by atoms with van der Waals surface area (Å²) in [5, 5.41) is 4.10. The Kier molecular flexibility index (Phi) is 7.86. The van der Waals surface area contributed by atoms with Crippen molar-refractivity contribution in [2.75, 3.05) is 33.4 Å². The van der Waals surface area contributed by atoms with E-state index in [9.17, 15) is 13.2 Å². The van der Waals surface area contributed by atoms with Crippen LogP contribution in [0.3, 0.4) is 0 Å². The van der Waals surface area contributed by atoms with Gasteiger partial charge in [0, 0.05) is 33.4 Å². The zero-order valence-electron chi connectivity index (χ0n) is 19.0. The van der Waals surface area contributed by atoms with E-state index in [1.165, 1.54) is 22.5 Å². The summed E-state index contributed by atoms with van der Waals surface area (Å²) in [6.07, 6.45) is 2.30. The van der Waals surface area contributed by atoms with Crippen LogP contribution in [0.15, 0.2) is 53.4 Å². The highest BCUT2D eigenvalue weighted by Gasteiger charge is 2.52. The fraction of sp³-hybridized carbons (Fsp3) is 0.458. The Morgan fingerprint density at radius 3 is 2.44 bits per heavy atom. The SMILES string of the molecule is COCCCN1C(=O)[C@@H](Cc2ccccc2)NC12CCN(S(=O)(=O)c1ccc(Cl)c(Cl)c1)CC2. The number of carbonyl (C=O) groups excluding carboxylic acids is 1. The van der Waals surface area contributed by atoms with Crippen LogP contribution in [-0.4, -0.2) is 68.6 Å². The molecule has 1 spiro atoms. The van der Waals surface area contributed by atoms with Crippen LogP contribution in [0, 0.1) is 0 Å². The average Bonchev–Trinajstić information content (AvgIpc) is 3.07. The monoisotopic (exact) mass is 525 g/mol. The lowest BCUT2D eigenvalue weighted by atomic mass is 9.97. The number of benzene rings is 2. The Hall–Kier alpha value is -1.68. The van der Waals surface area contributed by atoms with Crippen molar-refractivity contribution < 1.29 is 17.9 Å². The smallest absolute Gasteiger partial charge is 0.243 e. The van der Waals surface area contributed by atoms with E-state index in [4.69, 9.17) is 27.9 Å². The number of sulfonamides is 1. The fourth-order valence-electron chi connectivity index (χ4n) is 4.84. The van der Waals surface area contributed by atoms with E-state index in [1.807, 2.05) is 35.2 Å². The third-order valence-corrected chi connectivity index (χ3v) is 9.25. The summed E-state index contributed by atoms with van der Waals surface area (Å²) in [6, 6.07) is 13.9. The van der Waals surface area contributed by atoms with Crippen LogP contribution >= 0.6 is 23.2 Å². The number of methoxy groups -OCH3 is 1. The second kappa shape index (κ2) is 10.5.